The van der Waals surface area contributed by atoms with Gasteiger partial charge < -0.3 is 4.74 Å². The normalized spacial score (nSPS) is 14.9. The first-order valence-corrected chi connectivity index (χ1v) is 2.77. The fraction of sp³-hybridized carbons (Fsp3) is 0.286. The second-order valence-corrected chi connectivity index (χ2v) is 1.82. The summed E-state index contributed by atoms with van der Waals surface area (Å²) in [7, 11) is 1.39. The summed E-state index contributed by atoms with van der Waals surface area (Å²) in [4.78, 5) is 10.7. The van der Waals surface area contributed by atoms with Gasteiger partial charge in [0.05, 0.1) is 13.0 Å². The van der Waals surface area contributed by atoms with Gasteiger partial charge in [-0.25, -0.2) is 0 Å². The SMILES string of the molecule is COC(=O)C1C=CC=C1.[V]. The van der Waals surface area contributed by atoms with Crippen LogP contribution in [0.5, 0.6) is 0 Å². The van der Waals surface area contributed by atoms with Crippen LogP contribution in [0.4, 0.5) is 0 Å². The quantitative estimate of drug-likeness (QED) is 0.553. The van der Waals surface area contributed by atoms with E-state index in [9.17, 15) is 4.79 Å². The maximum atomic E-state index is 10.7. The van der Waals surface area contributed by atoms with Gasteiger partial charge in [0.1, 0.15) is 0 Å². The molecule has 0 atom stereocenters. The molecule has 0 heterocycles. The molecule has 0 bridgehead atoms. The monoisotopic (exact) mass is 175 g/mol. The van der Waals surface area contributed by atoms with E-state index in [-0.39, 0.29) is 30.4 Å². The van der Waals surface area contributed by atoms with E-state index in [4.69, 9.17) is 0 Å². The third kappa shape index (κ3) is 2.05. The summed E-state index contributed by atoms with van der Waals surface area (Å²) in [5, 5.41) is 0. The molecule has 0 N–H and O–H groups in total. The number of carbonyl (C=O) groups is 1. The number of allylic oxidation sites excluding steroid dienone is 2. The maximum Gasteiger partial charge on any atom is 0.316 e. The zero-order chi connectivity index (χ0) is 6.69. The van der Waals surface area contributed by atoms with Crippen molar-refractivity contribution in [1.82, 2.24) is 0 Å². The van der Waals surface area contributed by atoms with Crippen LogP contribution in [0.3, 0.4) is 0 Å². The largest absolute Gasteiger partial charge is 0.468 e. The first-order valence-electron chi connectivity index (χ1n) is 2.77. The minimum Gasteiger partial charge on any atom is -0.468 e. The Bertz CT molecular complexity index is 160. The molecule has 0 unspecified atom stereocenters. The fourth-order valence-electron chi connectivity index (χ4n) is 0.725. The molecule has 0 aliphatic heterocycles. The molecule has 0 spiro atoms. The second kappa shape index (κ2) is 4.37. The number of hydrogen-bond acceptors (Lipinski definition) is 2. The van der Waals surface area contributed by atoms with Gasteiger partial charge in [0.2, 0.25) is 0 Å². The van der Waals surface area contributed by atoms with Crippen molar-refractivity contribution in [1.29, 1.82) is 0 Å². The van der Waals surface area contributed by atoms with Gasteiger partial charge >= 0.3 is 5.97 Å². The molecule has 0 saturated heterocycles. The van der Waals surface area contributed by atoms with E-state index in [1.54, 1.807) is 12.2 Å². The molecular formula is C7H8O2V. The number of carbonyl (C=O) groups excluding carboxylic acids is 1. The molecule has 0 aromatic rings. The number of hydrogen-bond donors (Lipinski definition) is 0. The predicted molar refractivity (Wildman–Crippen MR) is 33.8 cm³/mol. The van der Waals surface area contributed by atoms with E-state index >= 15 is 0 Å². The van der Waals surface area contributed by atoms with E-state index in [1.807, 2.05) is 12.2 Å². The molecule has 0 fully saturated rings. The molecule has 3 heteroatoms. The van der Waals surface area contributed by atoms with Crippen LogP contribution in [0.25, 0.3) is 0 Å². The van der Waals surface area contributed by atoms with Crippen LogP contribution in [0.1, 0.15) is 0 Å². The van der Waals surface area contributed by atoms with Gasteiger partial charge in [0.25, 0.3) is 0 Å². The zero-order valence-corrected chi connectivity index (χ0v) is 7.05. The molecule has 1 aliphatic rings. The Morgan fingerprint density at radius 3 is 2.30 bits per heavy atom. The van der Waals surface area contributed by atoms with Crippen molar-refractivity contribution in [3.8, 4) is 0 Å². The molecule has 53 valence electrons. The van der Waals surface area contributed by atoms with Gasteiger partial charge in [0, 0.05) is 18.6 Å². The smallest absolute Gasteiger partial charge is 0.316 e. The molecule has 0 aromatic carbocycles. The topological polar surface area (TPSA) is 26.3 Å². The zero-order valence-electron chi connectivity index (χ0n) is 5.65. The van der Waals surface area contributed by atoms with Crippen LogP contribution >= 0.6 is 0 Å². The van der Waals surface area contributed by atoms with Gasteiger partial charge in [-0.1, -0.05) is 24.3 Å². The number of ether oxygens (including phenoxy) is 1. The average molecular weight is 175 g/mol. The van der Waals surface area contributed by atoms with Crippen LogP contribution in [-0.4, -0.2) is 13.1 Å². The van der Waals surface area contributed by atoms with Gasteiger partial charge in [-0.05, 0) is 0 Å². The van der Waals surface area contributed by atoms with Crippen molar-refractivity contribution in [3.05, 3.63) is 24.3 Å². The van der Waals surface area contributed by atoms with Crippen LogP contribution in [-0.2, 0) is 28.1 Å². The summed E-state index contributed by atoms with van der Waals surface area (Å²) in [6.45, 7) is 0. The molecule has 0 aromatic heterocycles. The van der Waals surface area contributed by atoms with Crippen molar-refractivity contribution >= 4 is 5.97 Å². The minimum atomic E-state index is -0.194. The molecular weight excluding hydrogens is 167 g/mol. The summed E-state index contributed by atoms with van der Waals surface area (Å²) in [5.74, 6) is -0.338. The number of methoxy groups -OCH3 is 1. The summed E-state index contributed by atoms with van der Waals surface area (Å²) >= 11 is 0. The van der Waals surface area contributed by atoms with Crippen LogP contribution in [0.2, 0.25) is 0 Å². The van der Waals surface area contributed by atoms with Gasteiger partial charge in [0.15, 0.2) is 0 Å². The molecule has 2 nitrogen and oxygen atoms in total. The van der Waals surface area contributed by atoms with Crippen LogP contribution in [0.15, 0.2) is 24.3 Å². The summed E-state index contributed by atoms with van der Waals surface area (Å²) in [6, 6.07) is 0. The Kier molecular flexibility index (Phi) is 4.16. The molecule has 0 amide bonds. The van der Waals surface area contributed by atoms with Gasteiger partial charge in [-0.3, -0.25) is 4.79 Å². The Balaban J connectivity index is 0.000000810. The van der Waals surface area contributed by atoms with Gasteiger partial charge in [-0.2, -0.15) is 0 Å². The summed E-state index contributed by atoms with van der Waals surface area (Å²) in [6.07, 6.45) is 7.26. The van der Waals surface area contributed by atoms with Gasteiger partial charge in [-0.15, -0.1) is 0 Å². The first-order chi connectivity index (χ1) is 4.34. The van der Waals surface area contributed by atoms with Crippen LogP contribution < -0.4 is 0 Å². The third-order valence-electron chi connectivity index (χ3n) is 1.22. The van der Waals surface area contributed by atoms with E-state index in [0.29, 0.717) is 0 Å². The van der Waals surface area contributed by atoms with E-state index < -0.39 is 0 Å². The number of rotatable bonds is 1. The molecule has 1 aliphatic carbocycles. The Hall–Kier alpha value is -0.466. The van der Waals surface area contributed by atoms with E-state index in [1.165, 1.54) is 7.11 Å². The minimum absolute atomic E-state index is 0. The molecule has 10 heavy (non-hydrogen) atoms. The molecule has 1 radical (unpaired) electrons. The van der Waals surface area contributed by atoms with Crippen molar-refractivity contribution in [2.45, 2.75) is 0 Å². The standard InChI is InChI=1S/C7H8O2.V/c1-9-7(8)6-4-2-3-5-6;/h2-6H,1H3;. The fourth-order valence-corrected chi connectivity index (χ4v) is 0.725. The third-order valence-corrected chi connectivity index (χ3v) is 1.22. The Morgan fingerprint density at radius 1 is 1.40 bits per heavy atom. The Morgan fingerprint density at radius 2 is 1.90 bits per heavy atom. The molecule has 1 rings (SSSR count). The summed E-state index contributed by atoms with van der Waals surface area (Å²) in [5.41, 5.74) is 0. The number of esters is 1. The first kappa shape index (κ1) is 9.53. The van der Waals surface area contributed by atoms with Crippen molar-refractivity contribution < 1.29 is 28.1 Å². The van der Waals surface area contributed by atoms with Crippen molar-refractivity contribution in [3.63, 3.8) is 0 Å². The summed E-state index contributed by atoms with van der Waals surface area (Å²) < 4.78 is 4.49. The average Bonchev–Trinajstić information content (AvgIpc) is 2.37. The van der Waals surface area contributed by atoms with E-state index in [0.717, 1.165) is 0 Å². The molecule has 0 saturated carbocycles. The Labute approximate surface area is 71.8 Å². The van der Waals surface area contributed by atoms with Crippen molar-refractivity contribution in [2.24, 2.45) is 5.92 Å². The predicted octanol–water partition coefficient (Wildman–Crippen LogP) is 0.899. The second-order valence-electron chi connectivity index (χ2n) is 1.82. The van der Waals surface area contributed by atoms with Crippen LogP contribution in [0, 0.1) is 5.92 Å². The maximum absolute atomic E-state index is 10.7. The van der Waals surface area contributed by atoms with E-state index in [2.05, 4.69) is 4.74 Å². The van der Waals surface area contributed by atoms with Crippen molar-refractivity contribution in [2.75, 3.05) is 7.11 Å².